The van der Waals surface area contributed by atoms with Gasteiger partial charge in [0.25, 0.3) is 5.91 Å². The monoisotopic (exact) mass is 204 g/mol. The number of nitrogens with two attached hydrogens (primary N) is 1. The number of rotatable bonds is 3. The minimum Gasteiger partial charge on any atom is -0.330 e. The Bertz CT molecular complexity index is 376. The fourth-order valence-corrected chi connectivity index (χ4v) is 2.20. The molecule has 0 saturated heterocycles. The molecule has 1 heterocycles. The molecule has 1 aliphatic heterocycles. The van der Waals surface area contributed by atoms with Crippen LogP contribution in [0.1, 0.15) is 35.3 Å². The van der Waals surface area contributed by atoms with E-state index in [0.717, 1.165) is 24.1 Å². The average molecular weight is 204 g/mol. The molecule has 0 saturated carbocycles. The smallest absolute Gasteiger partial charge is 0.254 e. The van der Waals surface area contributed by atoms with Gasteiger partial charge in [-0.25, -0.2) is 0 Å². The van der Waals surface area contributed by atoms with Gasteiger partial charge in [0.2, 0.25) is 0 Å². The molecule has 0 fully saturated rings. The van der Waals surface area contributed by atoms with E-state index in [2.05, 4.69) is 6.92 Å². The van der Waals surface area contributed by atoms with Crippen LogP contribution in [-0.2, 0) is 0 Å². The highest BCUT2D eigenvalue weighted by molar-refractivity contribution is 5.99. The Morgan fingerprint density at radius 2 is 2.13 bits per heavy atom. The molecule has 1 aromatic carbocycles. The van der Waals surface area contributed by atoms with Crippen LogP contribution in [0.15, 0.2) is 24.3 Å². The molecule has 2 rings (SSSR count). The summed E-state index contributed by atoms with van der Waals surface area (Å²) in [6.07, 6.45) is 0.968. The summed E-state index contributed by atoms with van der Waals surface area (Å²) in [6, 6.07) is 7.83. The van der Waals surface area contributed by atoms with Crippen molar-refractivity contribution >= 4 is 5.91 Å². The van der Waals surface area contributed by atoms with Crippen LogP contribution in [0.5, 0.6) is 0 Å². The topological polar surface area (TPSA) is 46.3 Å². The zero-order valence-corrected chi connectivity index (χ0v) is 8.94. The van der Waals surface area contributed by atoms with Crippen LogP contribution in [0.3, 0.4) is 0 Å². The standard InChI is InChI=1S/C12H16N2O/c1-2-7-14-11(8-13)9-5-3-4-6-10(9)12(14)15/h3-6,11H,2,7-8,13H2,1H3. The van der Waals surface area contributed by atoms with Crippen LogP contribution in [0.25, 0.3) is 0 Å². The van der Waals surface area contributed by atoms with Crippen molar-refractivity contribution in [3.05, 3.63) is 35.4 Å². The molecule has 1 amide bonds. The van der Waals surface area contributed by atoms with Gasteiger partial charge in [0.05, 0.1) is 6.04 Å². The van der Waals surface area contributed by atoms with Gasteiger partial charge in [-0.05, 0) is 18.1 Å². The molecule has 0 spiro atoms. The molecular formula is C12H16N2O. The second-order valence-corrected chi connectivity index (χ2v) is 3.84. The molecule has 1 unspecified atom stereocenters. The third-order valence-corrected chi connectivity index (χ3v) is 2.88. The first-order chi connectivity index (χ1) is 7.29. The zero-order valence-electron chi connectivity index (χ0n) is 8.94. The Morgan fingerprint density at radius 1 is 1.40 bits per heavy atom. The van der Waals surface area contributed by atoms with E-state index in [1.165, 1.54) is 0 Å². The lowest BCUT2D eigenvalue weighted by molar-refractivity contribution is 0.0730. The maximum absolute atomic E-state index is 12.0. The van der Waals surface area contributed by atoms with Crippen molar-refractivity contribution in [3.63, 3.8) is 0 Å². The third kappa shape index (κ3) is 1.53. The number of fused-ring (bicyclic) bond motifs is 1. The lowest BCUT2D eigenvalue weighted by Crippen LogP contribution is -2.32. The predicted molar refractivity (Wildman–Crippen MR) is 59.6 cm³/mol. The van der Waals surface area contributed by atoms with Gasteiger partial charge in [-0.3, -0.25) is 4.79 Å². The fourth-order valence-electron chi connectivity index (χ4n) is 2.20. The molecule has 1 atom stereocenters. The number of hydrogen-bond donors (Lipinski definition) is 1. The Balaban J connectivity index is 2.39. The second kappa shape index (κ2) is 4.03. The Morgan fingerprint density at radius 3 is 2.80 bits per heavy atom. The first kappa shape index (κ1) is 10.2. The van der Waals surface area contributed by atoms with E-state index in [9.17, 15) is 4.79 Å². The molecule has 0 bridgehead atoms. The van der Waals surface area contributed by atoms with Gasteiger partial charge in [-0.1, -0.05) is 25.1 Å². The predicted octanol–water partition coefficient (Wildman–Crippen LogP) is 1.55. The van der Waals surface area contributed by atoms with E-state index in [4.69, 9.17) is 5.73 Å². The second-order valence-electron chi connectivity index (χ2n) is 3.84. The first-order valence-electron chi connectivity index (χ1n) is 5.39. The van der Waals surface area contributed by atoms with Crippen molar-refractivity contribution in [3.8, 4) is 0 Å². The van der Waals surface area contributed by atoms with Gasteiger partial charge < -0.3 is 10.6 Å². The van der Waals surface area contributed by atoms with Gasteiger partial charge in [0.1, 0.15) is 0 Å². The molecular weight excluding hydrogens is 188 g/mol. The SMILES string of the molecule is CCCN1C(=O)c2ccccc2C1CN. The quantitative estimate of drug-likeness (QED) is 0.812. The summed E-state index contributed by atoms with van der Waals surface area (Å²) >= 11 is 0. The number of carbonyl (C=O) groups excluding carboxylic acids is 1. The molecule has 0 radical (unpaired) electrons. The molecule has 15 heavy (non-hydrogen) atoms. The highest BCUT2D eigenvalue weighted by atomic mass is 16.2. The van der Waals surface area contributed by atoms with Gasteiger partial charge >= 0.3 is 0 Å². The normalized spacial score (nSPS) is 19.5. The molecule has 0 aliphatic carbocycles. The van der Waals surface area contributed by atoms with Crippen molar-refractivity contribution in [2.45, 2.75) is 19.4 Å². The zero-order chi connectivity index (χ0) is 10.8. The van der Waals surface area contributed by atoms with Crippen molar-refractivity contribution in [1.82, 2.24) is 4.90 Å². The summed E-state index contributed by atoms with van der Waals surface area (Å²) in [4.78, 5) is 13.9. The van der Waals surface area contributed by atoms with Crippen LogP contribution in [0.4, 0.5) is 0 Å². The van der Waals surface area contributed by atoms with E-state index >= 15 is 0 Å². The van der Waals surface area contributed by atoms with Crippen LogP contribution in [-0.4, -0.2) is 23.9 Å². The minimum atomic E-state index is 0.0775. The summed E-state index contributed by atoms with van der Waals surface area (Å²) in [5.74, 6) is 0.128. The summed E-state index contributed by atoms with van der Waals surface area (Å²) in [5, 5.41) is 0. The van der Waals surface area contributed by atoms with Crippen LogP contribution in [0.2, 0.25) is 0 Å². The lowest BCUT2D eigenvalue weighted by atomic mass is 10.1. The summed E-state index contributed by atoms with van der Waals surface area (Å²) < 4.78 is 0. The molecule has 2 N–H and O–H groups in total. The highest BCUT2D eigenvalue weighted by Crippen LogP contribution is 2.32. The van der Waals surface area contributed by atoms with Crippen LogP contribution < -0.4 is 5.73 Å². The van der Waals surface area contributed by atoms with Crippen molar-refractivity contribution in [2.75, 3.05) is 13.1 Å². The van der Waals surface area contributed by atoms with Gasteiger partial charge in [0.15, 0.2) is 0 Å². The van der Waals surface area contributed by atoms with Crippen LogP contribution >= 0.6 is 0 Å². The summed E-state index contributed by atoms with van der Waals surface area (Å²) in [6.45, 7) is 3.36. The number of carbonyl (C=O) groups is 1. The molecule has 3 nitrogen and oxygen atoms in total. The van der Waals surface area contributed by atoms with Crippen molar-refractivity contribution < 1.29 is 4.79 Å². The van der Waals surface area contributed by atoms with Gasteiger partial charge in [0, 0.05) is 18.7 Å². The van der Waals surface area contributed by atoms with Crippen molar-refractivity contribution in [1.29, 1.82) is 0 Å². The van der Waals surface area contributed by atoms with Crippen LogP contribution in [0, 0.1) is 0 Å². The molecule has 1 aromatic rings. The minimum absolute atomic E-state index is 0.0775. The molecule has 80 valence electrons. The van der Waals surface area contributed by atoms with Gasteiger partial charge in [-0.2, -0.15) is 0 Å². The maximum Gasteiger partial charge on any atom is 0.254 e. The van der Waals surface area contributed by atoms with E-state index < -0.39 is 0 Å². The Hall–Kier alpha value is -1.35. The lowest BCUT2D eigenvalue weighted by Gasteiger charge is -2.23. The van der Waals surface area contributed by atoms with E-state index in [-0.39, 0.29) is 11.9 Å². The first-order valence-corrected chi connectivity index (χ1v) is 5.39. The average Bonchev–Trinajstić information content (AvgIpc) is 2.54. The highest BCUT2D eigenvalue weighted by Gasteiger charge is 2.34. The number of hydrogen-bond acceptors (Lipinski definition) is 2. The number of nitrogens with zero attached hydrogens (tertiary/aromatic N) is 1. The summed E-state index contributed by atoms with van der Waals surface area (Å²) in [7, 11) is 0. The molecule has 3 heteroatoms. The Labute approximate surface area is 89.9 Å². The fraction of sp³-hybridized carbons (Fsp3) is 0.417. The molecule has 1 aliphatic rings. The molecule has 0 aromatic heterocycles. The number of amides is 1. The van der Waals surface area contributed by atoms with Crippen molar-refractivity contribution in [2.24, 2.45) is 5.73 Å². The maximum atomic E-state index is 12.0. The third-order valence-electron chi connectivity index (χ3n) is 2.88. The number of benzene rings is 1. The summed E-state index contributed by atoms with van der Waals surface area (Å²) in [5.41, 5.74) is 7.64. The van der Waals surface area contributed by atoms with E-state index in [1.807, 2.05) is 29.2 Å². The largest absolute Gasteiger partial charge is 0.330 e. The van der Waals surface area contributed by atoms with E-state index in [1.54, 1.807) is 0 Å². The van der Waals surface area contributed by atoms with Gasteiger partial charge in [-0.15, -0.1) is 0 Å². The van der Waals surface area contributed by atoms with E-state index in [0.29, 0.717) is 6.54 Å². The Kier molecular flexibility index (Phi) is 2.73.